The normalized spacial score (nSPS) is 11.0. The summed E-state index contributed by atoms with van der Waals surface area (Å²) in [5, 5.41) is 8.82. The lowest BCUT2D eigenvalue weighted by molar-refractivity contribution is 0.581. The molecule has 2 rings (SSSR count). The highest BCUT2D eigenvalue weighted by Gasteiger charge is 2.14. The second kappa shape index (κ2) is 5.95. The molecule has 0 aliphatic carbocycles. The van der Waals surface area contributed by atoms with Crippen LogP contribution in [0.4, 0.5) is 5.69 Å². The van der Waals surface area contributed by atoms with Crippen molar-refractivity contribution in [3.8, 4) is 6.07 Å². The number of nitrogens with two attached hydrogens (primary N) is 1. The summed E-state index contributed by atoms with van der Waals surface area (Å²) in [6.07, 6.45) is 0. The molecule has 21 heavy (non-hydrogen) atoms. The lowest BCUT2D eigenvalue weighted by Gasteiger charge is -2.09. The van der Waals surface area contributed by atoms with Crippen LogP contribution in [0.25, 0.3) is 0 Å². The van der Waals surface area contributed by atoms with E-state index in [1.54, 1.807) is 37.3 Å². The quantitative estimate of drug-likeness (QED) is 0.843. The predicted molar refractivity (Wildman–Crippen MR) is 80.8 cm³/mol. The maximum atomic E-state index is 12.2. The molecule has 0 atom stereocenters. The number of nitrogens with zero attached hydrogens (tertiary/aromatic N) is 1. The van der Waals surface area contributed by atoms with E-state index in [9.17, 15) is 8.42 Å². The lowest BCUT2D eigenvalue weighted by Crippen LogP contribution is -2.23. The number of benzene rings is 2. The van der Waals surface area contributed by atoms with E-state index in [1.807, 2.05) is 6.07 Å². The Hall–Kier alpha value is -2.36. The highest BCUT2D eigenvalue weighted by atomic mass is 32.2. The van der Waals surface area contributed by atoms with Gasteiger partial charge >= 0.3 is 0 Å². The third-order valence-corrected chi connectivity index (χ3v) is 4.47. The van der Waals surface area contributed by atoms with Crippen LogP contribution in [0.5, 0.6) is 0 Å². The van der Waals surface area contributed by atoms with E-state index < -0.39 is 10.0 Å². The molecule has 5 nitrogen and oxygen atoms in total. The number of anilines is 1. The number of hydrogen-bond donors (Lipinski definition) is 2. The van der Waals surface area contributed by atoms with Gasteiger partial charge in [0.1, 0.15) is 0 Å². The predicted octanol–water partition coefficient (Wildman–Crippen LogP) is 1.93. The second-order valence-electron chi connectivity index (χ2n) is 4.66. The SMILES string of the molecule is Cc1cc(S(=O)(=O)NCc2cccc(C#N)c2)ccc1N. The summed E-state index contributed by atoms with van der Waals surface area (Å²) >= 11 is 0. The zero-order valence-corrected chi connectivity index (χ0v) is 12.3. The molecule has 0 saturated heterocycles. The molecule has 2 aromatic carbocycles. The van der Waals surface area contributed by atoms with Crippen molar-refractivity contribution in [2.24, 2.45) is 0 Å². The fourth-order valence-electron chi connectivity index (χ4n) is 1.83. The van der Waals surface area contributed by atoms with E-state index in [2.05, 4.69) is 4.72 Å². The van der Waals surface area contributed by atoms with Gasteiger partial charge in [-0.05, 0) is 48.4 Å². The Morgan fingerprint density at radius 1 is 1.24 bits per heavy atom. The van der Waals surface area contributed by atoms with E-state index >= 15 is 0 Å². The van der Waals surface area contributed by atoms with Crippen LogP contribution in [0.15, 0.2) is 47.4 Å². The summed E-state index contributed by atoms with van der Waals surface area (Å²) in [6, 6.07) is 13.4. The van der Waals surface area contributed by atoms with Gasteiger partial charge < -0.3 is 5.73 Å². The lowest BCUT2D eigenvalue weighted by atomic mass is 10.1. The first-order valence-electron chi connectivity index (χ1n) is 6.27. The van der Waals surface area contributed by atoms with Crippen LogP contribution in [-0.2, 0) is 16.6 Å². The van der Waals surface area contributed by atoms with Crippen molar-refractivity contribution in [3.63, 3.8) is 0 Å². The Labute approximate surface area is 124 Å². The summed E-state index contributed by atoms with van der Waals surface area (Å²) in [4.78, 5) is 0.172. The minimum Gasteiger partial charge on any atom is -0.399 e. The van der Waals surface area contributed by atoms with Crippen LogP contribution >= 0.6 is 0 Å². The molecule has 0 aliphatic heterocycles. The number of rotatable bonds is 4. The molecule has 3 N–H and O–H groups in total. The molecule has 0 spiro atoms. The van der Waals surface area contributed by atoms with Crippen LogP contribution in [0, 0.1) is 18.3 Å². The van der Waals surface area contributed by atoms with Gasteiger partial charge in [-0.1, -0.05) is 12.1 Å². The Kier molecular flexibility index (Phi) is 4.26. The number of nitrogen functional groups attached to an aromatic ring is 1. The molecule has 0 radical (unpaired) electrons. The third kappa shape index (κ3) is 3.60. The van der Waals surface area contributed by atoms with Crippen LogP contribution < -0.4 is 10.5 Å². The molecule has 0 heterocycles. The van der Waals surface area contributed by atoms with Crippen molar-refractivity contribution in [1.29, 1.82) is 5.26 Å². The summed E-state index contributed by atoms with van der Waals surface area (Å²) in [5.41, 5.74) is 8.17. The Bertz CT molecular complexity index is 808. The number of nitriles is 1. The Morgan fingerprint density at radius 2 is 2.00 bits per heavy atom. The van der Waals surface area contributed by atoms with Gasteiger partial charge in [-0.2, -0.15) is 5.26 Å². The molecule has 6 heteroatoms. The van der Waals surface area contributed by atoms with Gasteiger partial charge in [-0.3, -0.25) is 0 Å². The fraction of sp³-hybridized carbons (Fsp3) is 0.133. The van der Waals surface area contributed by atoms with Gasteiger partial charge in [0.05, 0.1) is 16.5 Å². The van der Waals surface area contributed by atoms with Gasteiger partial charge in [0.25, 0.3) is 0 Å². The molecule has 0 fully saturated rings. The second-order valence-corrected chi connectivity index (χ2v) is 6.42. The number of hydrogen-bond acceptors (Lipinski definition) is 4. The highest BCUT2D eigenvalue weighted by molar-refractivity contribution is 7.89. The van der Waals surface area contributed by atoms with Gasteiger partial charge in [0.15, 0.2) is 0 Å². The molecular formula is C15H15N3O2S. The van der Waals surface area contributed by atoms with Crippen LogP contribution in [-0.4, -0.2) is 8.42 Å². The number of aryl methyl sites for hydroxylation is 1. The first-order valence-corrected chi connectivity index (χ1v) is 7.75. The van der Waals surface area contributed by atoms with Gasteiger partial charge in [-0.25, -0.2) is 13.1 Å². The van der Waals surface area contributed by atoms with Crippen molar-refractivity contribution in [2.75, 3.05) is 5.73 Å². The maximum Gasteiger partial charge on any atom is 0.240 e. The van der Waals surface area contributed by atoms with Gasteiger partial charge in [0, 0.05) is 12.2 Å². The molecule has 0 bridgehead atoms. The highest BCUT2D eigenvalue weighted by Crippen LogP contribution is 2.17. The van der Waals surface area contributed by atoms with Crippen molar-refractivity contribution in [3.05, 3.63) is 59.2 Å². The molecule has 0 unspecified atom stereocenters. The minimum atomic E-state index is -3.61. The van der Waals surface area contributed by atoms with E-state index in [4.69, 9.17) is 11.0 Å². The molecule has 108 valence electrons. The van der Waals surface area contributed by atoms with E-state index in [0.717, 1.165) is 5.56 Å². The molecule has 0 amide bonds. The zero-order chi connectivity index (χ0) is 15.5. The maximum absolute atomic E-state index is 12.2. The minimum absolute atomic E-state index is 0.126. The summed E-state index contributed by atoms with van der Waals surface area (Å²) in [5.74, 6) is 0. The van der Waals surface area contributed by atoms with Crippen LogP contribution in [0.3, 0.4) is 0 Å². The first-order chi connectivity index (χ1) is 9.92. The molecule has 2 aromatic rings. The third-order valence-electron chi connectivity index (χ3n) is 3.07. The van der Waals surface area contributed by atoms with Crippen molar-refractivity contribution < 1.29 is 8.42 Å². The number of sulfonamides is 1. The monoisotopic (exact) mass is 301 g/mol. The average Bonchev–Trinajstić information content (AvgIpc) is 2.48. The van der Waals surface area contributed by atoms with E-state index in [-0.39, 0.29) is 11.4 Å². The first kappa shape index (κ1) is 15.0. The Balaban J connectivity index is 2.17. The van der Waals surface area contributed by atoms with Crippen molar-refractivity contribution in [2.45, 2.75) is 18.4 Å². The topological polar surface area (TPSA) is 96.0 Å². The average molecular weight is 301 g/mol. The zero-order valence-electron chi connectivity index (χ0n) is 11.5. The van der Waals surface area contributed by atoms with E-state index in [0.29, 0.717) is 16.8 Å². The summed E-state index contributed by atoms with van der Waals surface area (Å²) in [6.45, 7) is 1.88. The summed E-state index contributed by atoms with van der Waals surface area (Å²) < 4.78 is 26.9. The molecular weight excluding hydrogens is 286 g/mol. The molecule has 0 saturated carbocycles. The summed E-state index contributed by atoms with van der Waals surface area (Å²) in [7, 11) is -3.61. The molecule has 0 aromatic heterocycles. The fourth-order valence-corrected chi connectivity index (χ4v) is 2.93. The standard InChI is InChI=1S/C15H15N3O2S/c1-11-7-14(5-6-15(11)17)21(19,20)18-10-13-4-2-3-12(8-13)9-16/h2-8,18H,10,17H2,1H3. The van der Waals surface area contributed by atoms with E-state index in [1.165, 1.54) is 12.1 Å². The Morgan fingerprint density at radius 3 is 2.67 bits per heavy atom. The van der Waals surface area contributed by atoms with Gasteiger partial charge in [-0.15, -0.1) is 0 Å². The van der Waals surface area contributed by atoms with Gasteiger partial charge in [0.2, 0.25) is 10.0 Å². The van der Waals surface area contributed by atoms with Crippen LogP contribution in [0.2, 0.25) is 0 Å². The smallest absolute Gasteiger partial charge is 0.240 e. The van der Waals surface area contributed by atoms with Crippen molar-refractivity contribution in [1.82, 2.24) is 4.72 Å². The van der Waals surface area contributed by atoms with Crippen LogP contribution in [0.1, 0.15) is 16.7 Å². The largest absolute Gasteiger partial charge is 0.399 e. The van der Waals surface area contributed by atoms with Crippen molar-refractivity contribution >= 4 is 15.7 Å². The number of nitrogens with one attached hydrogen (secondary N) is 1. The molecule has 0 aliphatic rings.